The third kappa shape index (κ3) is 4.19. The Morgan fingerprint density at radius 1 is 0.929 bits per heavy atom. The summed E-state index contributed by atoms with van der Waals surface area (Å²) >= 11 is 6.34. The lowest BCUT2D eigenvalue weighted by Crippen LogP contribution is -2.24. The van der Waals surface area contributed by atoms with Crippen LogP contribution in [0, 0.1) is 0 Å². The molecule has 1 atom stereocenters. The van der Waals surface area contributed by atoms with E-state index >= 15 is 0 Å². The predicted octanol–water partition coefficient (Wildman–Crippen LogP) is 4.72. The summed E-state index contributed by atoms with van der Waals surface area (Å²) in [4.78, 5) is 4.77. The van der Waals surface area contributed by atoms with Crippen LogP contribution in [0.2, 0.25) is 5.02 Å². The summed E-state index contributed by atoms with van der Waals surface area (Å²) in [6.07, 6.45) is -0.0662. The van der Waals surface area contributed by atoms with Gasteiger partial charge in [0.2, 0.25) is 0 Å². The Hall–Kier alpha value is -2.82. The molecule has 1 aromatic heterocycles. The fourth-order valence-corrected chi connectivity index (χ4v) is 3.45. The molecule has 0 amide bonds. The van der Waals surface area contributed by atoms with Gasteiger partial charge in [-0.25, -0.2) is 4.98 Å². The normalized spacial score (nSPS) is 12.2. The molecule has 1 N–H and O–H groups in total. The lowest BCUT2D eigenvalue weighted by molar-refractivity contribution is 0.0928. The van der Waals surface area contributed by atoms with Crippen LogP contribution in [-0.2, 0) is 13.0 Å². The summed E-state index contributed by atoms with van der Waals surface area (Å²) in [6, 6.07) is 25.2. The number of ether oxygens (including phenoxy) is 1. The Kier molecular flexibility index (Phi) is 5.60. The van der Waals surface area contributed by atoms with Crippen molar-refractivity contribution in [2.45, 2.75) is 19.1 Å². The Morgan fingerprint density at radius 2 is 1.64 bits per heavy atom. The molecule has 0 radical (unpaired) electrons. The van der Waals surface area contributed by atoms with Gasteiger partial charge in [0.15, 0.2) is 0 Å². The Labute approximate surface area is 169 Å². The van der Waals surface area contributed by atoms with Crippen LogP contribution in [0.4, 0.5) is 0 Å². The SMILES string of the molecule is O[C@@H](COc1ccccc1)Cn1c(Cc2ccccc2Cl)nc2ccccc21. The summed E-state index contributed by atoms with van der Waals surface area (Å²) in [6.45, 7) is 0.606. The standard InChI is InChI=1S/C23H21ClN2O2/c24-20-11-5-4-8-17(20)14-23-25-21-12-6-7-13-22(21)26(23)15-18(27)16-28-19-9-2-1-3-10-19/h1-13,18,27H,14-16H2/t18-/m1/s1. The molecule has 4 aromatic rings. The molecule has 0 aliphatic heterocycles. The van der Waals surface area contributed by atoms with Gasteiger partial charge in [0.05, 0.1) is 17.6 Å². The molecule has 0 fully saturated rings. The van der Waals surface area contributed by atoms with E-state index in [2.05, 4.69) is 4.57 Å². The van der Waals surface area contributed by atoms with Crippen LogP contribution in [0.15, 0.2) is 78.9 Å². The van der Waals surface area contributed by atoms with E-state index in [1.807, 2.05) is 78.9 Å². The second kappa shape index (κ2) is 8.46. The van der Waals surface area contributed by atoms with Gasteiger partial charge in [0.1, 0.15) is 24.3 Å². The van der Waals surface area contributed by atoms with E-state index in [9.17, 15) is 5.11 Å². The van der Waals surface area contributed by atoms with Crippen LogP contribution in [0.25, 0.3) is 11.0 Å². The topological polar surface area (TPSA) is 47.3 Å². The number of aliphatic hydroxyl groups is 1. The highest BCUT2D eigenvalue weighted by atomic mass is 35.5. The van der Waals surface area contributed by atoms with Crippen molar-refractivity contribution in [1.29, 1.82) is 0 Å². The lowest BCUT2D eigenvalue weighted by Gasteiger charge is -2.16. The first-order chi connectivity index (χ1) is 13.7. The van der Waals surface area contributed by atoms with Crippen molar-refractivity contribution >= 4 is 22.6 Å². The Balaban J connectivity index is 1.57. The average molecular weight is 393 g/mol. The zero-order valence-corrected chi connectivity index (χ0v) is 16.1. The third-order valence-electron chi connectivity index (χ3n) is 4.62. The molecule has 0 aliphatic rings. The summed E-state index contributed by atoms with van der Waals surface area (Å²) in [5, 5.41) is 11.3. The molecule has 0 spiro atoms. The number of hydrogen-bond acceptors (Lipinski definition) is 3. The van der Waals surface area contributed by atoms with Gasteiger partial charge in [-0.2, -0.15) is 0 Å². The number of nitrogens with zero attached hydrogens (tertiary/aromatic N) is 2. The molecule has 0 aliphatic carbocycles. The predicted molar refractivity (Wildman–Crippen MR) is 112 cm³/mol. The first kappa shape index (κ1) is 18.5. The third-order valence-corrected chi connectivity index (χ3v) is 4.99. The number of imidazole rings is 1. The monoisotopic (exact) mass is 392 g/mol. The van der Waals surface area contributed by atoms with Gasteiger partial charge in [-0.1, -0.05) is 60.1 Å². The Bertz CT molecular complexity index is 1060. The molecule has 4 rings (SSSR count). The highest BCUT2D eigenvalue weighted by Crippen LogP contribution is 2.23. The van der Waals surface area contributed by atoms with E-state index in [1.54, 1.807) is 0 Å². The first-order valence-corrected chi connectivity index (χ1v) is 9.62. The molecule has 1 heterocycles. The molecule has 0 saturated carbocycles. The number of benzene rings is 3. The van der Waals surface area contributed by atoms with Crippen molar-refractivity contribution in [2.75, 3.05) is 6.61 Å². The highest BCUT2D eigenvalue weighted by molar-refractivity contribution is 6.31. The summed E-state index contributed by atoms with van der Waals surface area (Å²) in [5.74, 6) is 1.61. The smallest absolute Gasteiger partial charge is 0.119 e. The molecule has 0 unspecified atom stereocenters. The Morgan fingerprint density at radius 3 is 2.46 bits per heavy atom. The zero-order valence-electron chi connectivity index (χ0n) is 15.3. The molecule has 0 saturated heterocycles. The van der Waals surface area contributed by atoms with Gasteiger partial charge in [-0.3, -0.25) is 0 Å². The van der Waals surface area contributed by atoms with Crippen molar-refractivity contribution < 1.29 is 9.84 Å². The van der Waals surface area contributed by atoms with Gasteiger partial charge in [0, 0.05) is 11.4 Å². The maximum absolute atomic E-state index is 10.6. The van der Waals surface area contributed by atoms with E-state index in [4.69, 9.17) is 21.3 Å². The molecule has 0 bridgehead atoms. The molecule has 142 valence electrons. The number of halogens is 1. The quantitative estimate of drug-likeness (QED) is 0.495. The maximum atomic E-state index is 10.6. The van der Waals surface area contributed by atoms with Crippen LogP contribution in [0.3, 0.4) is 0 Å². The molecular formula is C23H21ClN2O2. The molecule has 28 heavy (non-hydrogen) atoms. The molecular weight excluding hydrogens is 372 g/mol. The van der Waals surface area contributed by atoms with Crippen molar-refractivity contribution in [2.24, 2.45) is 0 Å². The second-order valence-electron chi connectivity index (χ2n) is 6.67. The van der Waals surface area contributed by atoms with Gasteiger partial charge in [0.25, 0.3) is 0 Å². The maximum Gasteiger partial charge on any atom is 0.119 e. The fraction of sp³-hybridized carbons (Fsp3) is 0.174. The summed E-state index contributed by atoms with van der Waals surface area (Å²) in [5.41, 5.74) is 2.90. The number of para-hydroxylation sites is 3. The van der Waals surface area contributed by atoms with Gasteiger partial charge in [-0.05, 0) is 35.9 Å². The van der Waals surface area contributed by atoms with Crippen LogP contribution < -0.4 is 4.74 Å². The number of fused-ring (bicyclic) bond motifs is 1. The minimum absolute atomic E-state index is 0.210. The van der Waals surface area contributed by atoms with Crippen molar-refractivity contribution in [3.05, 3.63) is 95.3 Å². The van der Waals surface area contributed by atoms with Gasteiger partial charge < -0.3 is 14.4 Å². The van der Waals surface area contributed by atoms with Crippen LogP contribution in [-0.4, -0.2) is 27.4 Å². The molecule has 3 aromatic carbocycles. The minimum Gasteiger partial charge on any atom is -0.491 e. The van der Waals surface area contributed by atoms with E-state index in [0.29, 0.717) is 18.0 Å². The van der Waals surface area contributed by atoms with E-state index in [1.165, 1.54) is 0 Å². The van der Waals surface area contributed by atoms with Crippen LogP contribution >= 0.6 is 11.6 Å². The average Bonchev–Trinajstić information content (AvgIpc) is 3.06. The first-order valence-electron chi connectivity index (χ1n) is 9.24. The van der Waals surface area contributed by atoms with Crippen LogP contribution in [0.5, 0.6) is 5.75 Å². The van der Waals surface area contributed by atoms with Crippen molar-refractivity contribution in [1.82, 2.24) is 9.55 Å². The number of aliphatic hydroxyl groups excluding tert-OH is 1. The van der Waals surface area contributed by atoms with E-state index < -0.39 is 6.10 Å². The summed E-state index contributed by atoms with van der Waals surface area (Å²) < 4.78 is 7.75. The van der Waals surface area contributed by atoms with Crippen molar-refractivity contribution in [3.63, 3.8) is 0 Å². The lowest BCUT2D eigenvalue weighted by atomic mass is 10.1. The highest BCUT2D eigenvalue weighted by Gasteiger charge is 2.16. The number of aromatic nitrogens is 2. The minimum atomic E-state index is -0.664. The van der Waals surface area contributed by atoms with Gasteiger partial charge in [-0.15, -0.1) is 0 Å². The zero-order chi connectivity index (χ0) is 19.3. The van der Waals surface area contributed by atoms with Gasteiger partial charge >= 0.3 is 0 Å². The molecule has 5 heteroatoms. The summed E-state index contributed by atoms with van der Waals surface area (Å²) in [7, 11) is 0. The second-order valence-corrected chi connectivity index (χ2v) is 7.08. The number of hydrogen-bond donors (Lipinski definition) is 1. The molecule has 4 nitrogen and oxygen atoms in total. The van der Waals surface area contributed by atoms with E-state index in [-0.39, 0.29) is 6.61 Å². The fourth-order valence-electron chi connectivity index (χ4n) is 3.25. The van der Waals surface area contributed by atoms with E-state index in [0.717, 1.165) is 28.2 Å². The number of rotatable bonds is 7. The van der Waals surface area contributed by atoms with Crippen LogP contribution in [0.1, 0.15) is 11.4 Å². The largest absolute Gasteiger partial charge is 0.491 e. The van der Waals surface area contributed by atoms with Crippen molar-refractivity contribution in [3.8, 4) is 5.75 Å².